The van der Waals surface area contributed by atoms with Gasteiger partial charge in [-0.15, -0.1) is 0 Å². The van der Waals surface area contributed by atoms with E-state index in [4.69, 9.17) is 5.41 Å². The van der Waals surface area contributed by atoms with Gasteiger partial charge in [0.05, 0.1) is 0 Å². The smallest absolute Gasteiger partial charge is 0.126 e. The van der Waals surface area contributed by atoms with Crippen LogP contribution in [0.1, 0.15) is 19.4 Å². The van der Waals surface area contributed by atoms with Crippen LogP contribution in [0, 0.1) is 5.41 Å². The highest BCUT2D eigenvalue weighted by molar-refractivity contribution is 5.82. The van der Waals surface area contributed by atoms with Gasteiger partial charge in [-0.2, -0.15) is 0 Å². The van der Waals surface area contributed by atoms with E-state index in [-0.39, 0.29) is 5.75 Å². The SMILES string of the molecule is CC(C)N(C)c1ccc(C=N)c(O)c1. The first-order valence-corrected chi connectivity index (χ1v) is 4.62. The summed E-state index contributed by atoms with van der Waals surface area (Å²) in [4.78, 5) is 2.06. The molecule has 0 unspecified atom stereocenters. The lowest BCUT2D eigenvalue weighted by Crippen LogP contribution is -2.25. The molecule has 1 rings (SSSR count). The Morgan fingerprint density at radius 2 is 2.07 bits per heavy atom. The van der Waals surface area contributed by atoms with Crippen molar-refractivity contribution in [3.63, 3.8) is 0 Å². The van der Waals surface area contributed by atoms with Crippen LogP contribution in [0.5, 0.6) is 5.75 Å². The van der Waals surface area contributed by atoms with Crippen LogP contribution in [0.25, 0.3) is 0 Å². The molecule has 0 saturated carbocycles. The number of benzene rings is 1. The summed E-state index contributed by atoms with van der Waals surface area (Å²) in [6.45, 7) is 4.17. The van der Waals surface area contributed by atoms with E-state index in [2.05, 4.69) is 18.7 Å². The van der Waals surface area contributed by atoms with Gasteiger partial charge in [-0.1, -0.05) is 0 Å². The minimum atomic E-state index is 0.157. The minimum absolute atomic E-state index is 0.157. The van der Waals surface area contributed by atoms with Crippen molar-refractivity contribution in [1.82, 2.24) is 0 Å². The summed E-state index contributed by atoms with van der Waals surface area (Å²) in [5.41, 5.74) is 1.51. The third kappa shape index (κ3) is 2.05. The summed E-state index contributed by atoms with van der Waals surface area (Å²) >= 11 is 0. The van der Waals surface area contributed by atoms with Gasteiger partial charge in [0.2, 0.25) is 0 Å². The second-order valence-electron chi connectivity index (χ2n) is 3.59. The molecule has 0 saturated heterocycles. The molecule has 0 heterocycles. The maximum absolute atomic E-state index is 9.54. The quantitative estimate of drug-likeness (QED) is 0.721. The van der Waals surface area contributed by atoms with E-state index in [0.29, 0.717) is 11.6 Å². The van der Waals surface area contributed by atoms with Crippen molar-refractivity contribution in [2.45, 2.75) is 19.9 Å². The fraction of sp³-hybridized carbons (Fsp3) is 0.364. The molecule has 0 spiro atoms. The summed E-state index contributed by atoms with van der Waals surface area (Å²) in [5, 5.41) is 16.6. The highest BCUT2D eigenvalue weighted by Gasteiger charge is 2.06. The Morgan fingerprint density at radius 1 is 1.43 bits per heavy atom. The highest BCUT2D eigenvalue weighted by Crippen LogP contribution is 2.23. The first-order valence-electron chi connectivity index (χ1n) is 4.62. The van der Waals surface area contributed by atoms with E-state index in [1.807, 2.05) is 13.1 Å². The first kappa shape index (κ1) is 10.6. The average Bonchev–Trinajstić information content (AvgIpc) is 2.16. The molecule has 3 nitrogen and oxygen atoms in total. The number of phenolic OH excluding ortho intramolecular Hbond substituents is 1. The Morgan fingerprint density at radius 3 is 2.50 bits per heavy atom. The second-order valence-corrected chi connectivity index (χ2v) is 3.59. The number of phenols is 1. The molecule has 0 amide bonds. The Labute approximate surface area is 84.5 Å². The minimum Gasteiger partial charge on any atom is -0.507 e. The third-order valence-corrected chi connectivity index (χ3v) is 2.35. The maximum atomic E-state index is 9.54. The number of nitrogens with zero attached hydrogens (tertiary/aromatic N) is 1. The first-order chi connectivity index (χ1) is 6.56. The monoisotopic (exact) mass is 192 g/mol. The number of rotatable bonds is 3. The van der Waals surface area contributed by atoms with E-state index < -0.39 is 0 Å². The van der Waals surface area contributed by atoms with Crippen LogP contribution in [0.4, 0.5) is 5.69 Å². The lowest BCUT2D eigenvalue weighted by molar-refractivity contribution is 0.474. The zero-order valence-electron chi connectivity index (χ0n) is 8.78. The van der Waals surface area contributed by atoms with Crippen molar-refractivity contribution in [2.24, 2.45) is 0 Å². The van der Waals surface area contributed by atoms with Crippen molar-refractivity contribution in [2.75, 3.05) is 11.9 Å². The Balaban J connectivity index is 3.02. The van der Waals surface area contributed by atoms with Gasteiger partial charge in [0, 0.05) is 36.6 Å². The number of anilines is 1. The van der Waals surface area contributed by atoms with Crippen LogP contribution in [-0.4, -0.2) is 24.4 Å². The van der Waals surface area contributed by atoms with Gasteiger partial charge in [-0.3, -0.25) is 0 Å². The molecular weight excluding hydrogens is 176 g/mol. The van der Waals surface area contributed by atoms with Gasteiger partial charge in [0.1, 0.15) is 5.75 Å². The summed E-state index contributed by atoms with van der Waals surface area (Å²) in [5.74, 6) is 0.157. The zero-order chi connectivity index (χ0) is 10.7. The summed E-state index contributed by atoms with van der Waals surface area (Å²) in [7, 11) is 1.98. The zero-order valence-corrected chi connectivity index (χ0v) is 8.78. The van der Waals surface area contributed by atoms with E-state index in [9.17, 15) is 5.11 Å². The maximum Gasteiger partial charge on any atom is 0.126 e. The van der Waals surface area contributed by atoms with Gasteiger partial charge >= 0.3 is 0 Å². The van der Waals surface area contributed by atoms with Crippen LogP contribution >= 0.6 is 0 Å². The molecular formula is C11H16N2O. The summed E-state index contributed by atoms with van der Waals surface area (Å²) < 4.78 is 0. The molecule has 14 heavy (non-hydrogen) atoms. The van der Waals surface area contributed by atoms with Gasteiger partial charge in [0.25, 0.3) is 0 Å². The number of hydrogen-bond donors (Lipinski definition) is 2. The molecule has 1 aromatic rings. The number of aromatic hydroxyl groups is 1. The van der Waals surface area contributed by atoms with E-state index in [1.54, 1.807) is 12.1 Å². The molecule has 0 aromatic heterocycles. The van der Waals surface area contributed by atoms with E-state index in [1.165, 1.54) is 0 Å². The Kier molecular flexibility index (Phi) is 3.12. The Hall–Kier alpha value is -1.51. The van der Waals surface area contributed by atoms with Crippen molar-refractivity contribution in [3.8, 4) is 5.75 Å². The highest BCUT2D eigenvalue weighted by atomic mass is 16.3. The van der Waals surface area contributed by atoms with Gasteiger partial charge in [-0.05, 0) is 26.0 Å². The average molecular weight is 192 g/mol. The van der Waals surface area contributed by atoms with Crippen molar-refractivity contribution < 1.29 is 5.11 Å². The Bertz CT molecular complexity index is 334. The molecule has 0 fully saturated rings. The van der Waals surface area contributed by atoms with Crippen LogP contribution in [-0.2, 0) is 0 Å². The number of nitrogens with one attached hydrogen (secondary N) is 1. The number of hydrogen-bond acceptors (Lipinski definition) is 3. The van der Waals surface area contributed by atoms with Gasteiger partial charge < -0.3 is 15.4 Å². The van der Waals surface area contributed by atoms with Crippen molar-refractivity contribution in [3.05, 3.63) is 23.8 Å². The lowest BCUT2D eigenvalue weighted by atomic mass is 10.1. The predicted molar refractivity (Wildman–Crippen MR) is 59.5 cm³/mol. The molecule has 1 aromatic carbocycles. The molecule has 76 valence electrons. The fourth-order valence-corrected chi connectivity index (χ4v) is 1.17. The molecule has 0 atom stereocenters. The lowest BCUT2D eigenvalue weighted by Gasteiger charge is -2.24. The molecule has 0 aliphatic heterocycles. The fourth-order valence-electron chi connectivity index (χ4n) is 1.17. The molecule has 0 bridgehead atoms. The van der Waals surface area contributed by atoms with E-state index in [0.717, 1.165) is 11.9 Å². The van der Waals surface area contributed by atoms with Crippen LogP contribution < -0.4 is 4.90 Å². The third-order valence-electron chi connectivity index (χ3n) is 2.35. The molecule has 3 heteroatoms. The van der Waals surface area contributed by atoms with E-state index >= 15 is 0 Å². The summed E-state index contributed by atoms with van der Waals surface area (Å²) in [6.07, 6.45) is 1.15. The second kappa shape index (κ2) is 4.13. The summed E-state index contributed by atoms with van der Waals surface area (Å²) in [6, 6.07) is 5.72. The standard InChI is InChI=1S/C11H16N2O/c1-8(2)13(3)10-5-4-9(7-12)11(14)6-10/h4-8,12,14H,1-3H3. The topological polar surface area (TPSA) is 47.3 Å². The van der Waals surface area contributed by atoms with Gasteiger partial charge in [0.15, 0.2) is 0 Å². The molecule has 0 aliphatic rings. The van der Waals surface area contributed by atoms with Gasteiger partial charge in [-0.25, -0.2) is 0 Å². The molecule has 0 aliphatic carbocycles. The van der Waals surface area contributed by atoms with Crippen LogP contribution in [0.3, 0.4) is 0 Å². The van der Waals surface area contributed by atoms with Crippen molar-refractivity contribution >= 4 is 11.9 Å². The van der Waals surface area contributed by atoms with Crippen LogP contribution in [0.15, 0.2) is 18.2 Å². The molecule has 0 radical (unpaired) electrons. The normalized spacial score (nSPS) is 10.3. The van der Waals surface area contributed by atoms with Crippen molar-refractivity contribution in [1.29, 1.82) is 5.41 Å². The largest absolute Gasteiger partial charge is 0.507 e. The van der Waals surface area contributed by atoms with Crippen LogP contribution in [0.2, 0.25) is 0 Å². The molecule has 2 N–H and O–H groups in total. The predicted octanol–water partition coefficient (Wildman–Crippen LogP) is 2.23.